The molecule has 0 aromatic heterocycles. The number of carbonyl (C=O) groups excluding carboxylic acids is 1. The molecule has 2 aromatic rings. The van der Waals surface area contributed by atoms with E-state index in [4.69, 9.17) is 0 Å². The molecule has 1 amide bonds. The summed E-state index contributed by atoms with van der Waals surface area (Å²) < 4.78 is 0. The molecule has 3 N–H and O–H groups in total. The van der Waals surface area contributed by atoms with E-state index >= 15 is 0 Å². The molecule has 0 unspecified atom stereocenters. The zero-order chi connectivity index (χ0) is 21.3. The molecule has 1 fully saturated rings. The van der Waals surface area contributed by atoms with Crippen molar-refractivity contribution in [1.29, 1.82) is 0 Å². The first-order chi connectivity index (χ1) is 14.6. The number of nitrogens with one attached hydrogen (secondary N) is 2. The molecule has 1 aliphatic heterocycles. The van der Waals surface area contributed by atoms with E-state index in [-0.39, 0.29) is 5.91 Å². The number of hydrogen-bond acceptors (Lipinski definition) is 5. The van der Waals surface area contributed by atoms with Crippen LogP contribution in [0.2, 0.25) is 0 Å². The Morgan fingerprint density at radius 1 is 1.13 bits per heavy atom. The van der Waals surface area contributed by atoms with Gasteiger partial charge in [0.2, 0.25) is 0 Å². The number of carbonyl (C=O) groups is 2. The predicted octanol–water partition coefficient (Wildman–Crippen LogP) is 2.69. The number of amides is 1. The second kappa shape index (κ2) is 11.2. The van der Waals surface area contributed by atoms with Gasteiger partial charge in [0.25, 0.3) is 5.91 Å². The smallest absolute Gasteiger partial charge is 0.326 e. The van der Waals surface area contributed by atoms with Crippen LogP contribution in [-0.2, 0) is 11.3 Å². The minimum absolute atomic E-state index is 0.343. The minimum Gasteiger partial charge on any atom is -0.480 e. The van der Waals surface area contributed by atoms with Gasteiger partial charge in [0.05, 0.1) is 0 Å². The van der Waals surface area contributed by atoms with Gasteiger partial charge in [-0.05, 0) is 41.2 Å². The van der Waals surface area contributed by atoms with Crippen molar-refractivity contribution in [3.8, 4) is 11.1 Å². The Bertz CT molecular complexity index is 854. The molecule has 0 bridgehead atoms. The van der Waals surface area contributed by atoms with Crippen molar-refractivity contribution in [3.05, 3.63) is 59.7 Å². The number of aliphatic carboxylic acids is 1. The van der Waals surface area contributed by atoms with Crippen LogP contribution in [0.15, 0.2) is 48.5 Å². The summed E-state index contributed by atoms with van der Waals surface area (Å²) in [5.74, 6) is -0.675. The summed E-state index contributed by atoms with van der Waals surface area (Å²) in [6.45, 7) is 4.58. The van der Waals surface area contributed by atoms with Gasteiger partial charge in [-0.15, -0.1) is 0 Å². The van der Waals surface area contributed by atoms with Gasteiger partial charge in [0, 0.05) is 38.3 Å². The average molecular weight is 428 g/mol. The van der Waals surface area contributed by atoms with Crippen molar-refractivity contribution < 1.29 is 14.7 Å². The molecule has 6 nitrogen and oxygen atoms in total. The number of thioether (sulfide) groups is 1. The Morgan fingerprint density at radius 3 is 2.53 bits per heavy atom. The van der Waals surface area contributed by atoms with Crippen LogP contribution in [0.4, 0.5) is 0 Å². The van der Waals surface area contributed by atoms with Gasteiger partial charge in [-0.3, -0.25) is 9.69 Å². The molecule has 0 spiro atoms. The van der Waals surface area contributed by atoms with Crippen LogP contribution in [0.5, 0.6) is 0 Å². The lowest BCUT2D eigenvalue weighted by Crippen LogP contribution is -2.43. The topological polar surface area (TPSA) is 81.7 Å². The Kier molecular flexibility index (Phi) is 8.30. The molecule has 0 saturated carbocycles. The summed E-state index contributed by atoms with van der Waals surface area (Å²) in [5.41, 5.74) is 3.43. The van der Waals surface area contributed by atoms with Gasteiger partial charge in [0.1, 0.15) is 6.04 Å². The van der Waals surface area contributed by atoms with Crippen molar-refractivity contribution in [1.82, 2.24) is 15.5 Å². The fraction of sp³-hybridized carbons (Fsp3) is 0.391. The summed E-state index contributed by atoms with van der Waals surface area (Å²) in [6, 6.07) is 14.7. The number of hydrogen-bond donors (Lipinski definition) is 3. The highest BCUT2D eigenvalue weighted by molar-refractivity contribution is 7.98. The third-order valence-corrected chi connectivity index (χ3v) is 5.92. The van der Waals surface area contributed by atoms with Gasteiger partial charge in [-0.2, -0.15) is 11.8 Å². The van der Waals surface area contributed by atoms with Crippen molar-refractivity contribution in [2.75, 3.05) is 38.2 Å². The second-order valence-electron chi connectivity index (χ2n) is 7.38. The minimum atomic E-state index is -1.00. The monoisotopic (exact) mass is 427 g/mol. The summed E-state index contributed by atoms with van der Waals surface area (Å²) in [7, 11) is 0. The molecule has 7 heteroatoms. The number of carboxylic acids is 1. The van der Waals surface area contributed by atoms with E-state index < -0.39 is 12.0 Å². The molecule has 1 heterocycles. The van der Waals surface area contributed by atoms with Crippen LogP contribution >= 0.6 is 11.8 Å². The van der Waals surface area contributed by atoms with E-state index in [1.54, 1.807) is 17.8 Å². The summed E-state index contributed by atoms with van der Waals surface area (Å²) >= 11 is 1.57. The van der Waals surface area contributed by atoms with Crippen molar-refractivity contribution in [2.24, 2.45) is 0 Å². The SMILES string of the molecule is CSCC[C@H](NC(=O)c1cccc(CN2CCNCC2)c1-c1ccccc1)C(=O)O. The fourth-order valence-corrected chi connectivity index (χ4v) is 4.18. The average Bonchev–Trinajstić information content (AvgIpc) is 2.77. The normalized spacial score (nSPS) is 15.5. The van der Waals surface area contributed by atoms with Crippen molar-refractivity contribution in [2.45, 2.75) is 19.0 Å². The number of nitrogens with zero attached hydrogens (tertiary/aromatic N) is 1. The Balaban J connectivity index is 1.93. The predicted molar refractivity (Wildman–Crippen MR) is 122 cm³/mol. The molecule has 1 atom stereocenters. The highest BCUT2D eigenvalue weighted by Gasteiger charge is 2.24. The van der Waals surface area contributed by atoms with Gasteiger partial charge in [0.15, 0.2) is 0 Å². The summed E-state index contributed by atoms with van der Waals surface area (Å²) in [5, 5.41) is 15.6. The standard InChI is InChI=1S/C23H29N3O3S/c1-30-15-10-20(23(28)29)25-22(27)19-9-5-8-18(16-26-13-11-24-12-14-26)21(19)17-6-3-2-4-7-17/h2-9,20,24H,10-16H2,1H3,(H,25,27)(H,28,29)/t20-/m0/s1. The lowest BCUT2D eigenvalue weighted by atomic mass is 9.93. The van der Waals surface area contributed by atoms with Crippen LogP contribution in [0.25, 0.3) is 11.1 Å². The number of rotatable bonds is 9. The maximum atomic E-state index is 13.2. The lowest BCUT2D eigenvalue weighted by Gasteiger charge is -2.28. The van der Waals surface area contributed by atoms with Crippen molar-refractivity contribution >= 4 is 23.6 Å². The number of benzene rings is 2. The fourth-order valence-electron chi connectivity index (χ4n) is 3.71. The highest BCUT2D eigenvalue weighted by atomic mass is 32.2. The molecule has 1 saturated heterocycles. The number of carboxylic acid groups (broad SMARTS) is 1. The van der Waals surface area contributed by atoms with Crippen LogP contribution in [0.3, 0.4) is 0 Å². The van der Waals surface area contributed by atoms with E-state index in [2.05, 4.69) is 21.6 Å². The van der Waals surface area contributed by atoms with E-state index in [0.717, 1.165) is 49.4 Å². The zero-order valence-electron chi connectivity index (χ0n) is 17.3. The molecule has 0 aliphatic carbocycles. The van der Waals surface area contributed by atoms with Gasteiger partial charge in [-0.25, -0.2) is 4.79 Å². The van der Waals surface area contributed by atoms with Crippen LogP contribution in [0, 0.1) is 0 Å². The van der Waals surface area contributed by atoms with E-state index in [1.807, 2.05) is 42.7 Å². The summed E-state index contributed by atoms with van der Waals surface area (Å²) in [6.07, 6.45) is 2.32. The molecule has 0 radical (unpaired) electrons. The highest BCUT2D eigenvalue weighted by Crippen LogP contribution is 2.29. The molecule has 2 aromatic carbocycles. The van der Waals surface area contributed by atoms with E-state index in [9.17, 15) is 14.7 Å². The lowest BCUT2D eigenvalue weighted by molar-refractivity contribution is -0.139. The third-order valence-electron chi connectivity index (χ3n) is 5.28. The van der Waals surface area contributed by atoms with Crippen LogP contribution < -0.4 is 10.6 Å². The first-order valence-electron chi connectivity index (χ1n) is 10.2. The summed E-state index contributed by atoms with van der Waals surface area (Å²) in [4.78, 5) is 27.2. The van der Waals surface area contributed by atoms with Gasteiger partial charge < -0.3 is 15.7 Å². The molecule has 160 valence electrons. The molecule has 30 heavy (non-hydrogen) atoms. The second-order valence-corrected chi connectivity index (χ2v) is 8.36. The maximum absolute atomic E-state index is 13.2. The van der Waals surface area contributed by atoms with Crippen molar-refractivity contribution in [3.63, 3.8) is 0 Å². The first-order valence-corrected chi connectivity index (χ1v) is 11.6. The molecular weight excluding hydrogens is 398 g/mol. The van der Waals surface area contributed by atoms with Crippen LogP contribution in [0.1, 0.15) is 22.3 Å². The van der Waals surface area contributed by atoms with E-state index in [0.29, 0.717) is 17.7 Å². The quantitative estimate of drug-likeness (QED) is 0.571. The maximum Gasteiger partial charge on any atom is 0.326 e. The number of piperazine rings is 1. The Morgan fingerprint density at radius 2 is 1.87 bits per heavy atom. The molecule has 1 aliphatic rings. The van der Waals surface area contributed by atoms with Gasteiger partial charge in [-0.1, -0.05) is 42.5 Å². The zero-order valence-corrected chi connectivity index (χ0v) is 18.1. The van der Waals surface area contributed by atoms with E-state index in [1.165, 1.54) is 0 Å². The van der Waals surface area contributed by atoms with Gasteiger partial charge >= 0.3 is 5.97 Å². The molecule has 3 rings (SSSR count). The third kappa shape index (κ3) is 5.84. The Hall–Kier alpha value is -2.35. The first kappa shape index (κ1) is 22.3. The molecular formula is C23H29N3O3S. The Labute approximate surface area is 182 Å². The largest absolute Gasteiger partial charge is 0.480 e. The van der Waals surface area contributed by atoms with Crippen LogP contribution in [-0.4, -0.2) is 66.1 Å².